The maximum Gasteiger partial charge on any atom is 0.266 e. The van der Waals surface area contributed by atoms with Gasteiger partial charge in [0.15, 0.2) is 0 Å². The first-order chi connectivity index (χ1) is 16.9. The summed E-state index contributed by atoms with van der Waals surface area (Å²) in [6, 6.07) is 14.2. The number of hydrogen-bond donors (Lipinski definition) is 1. The van der Waals surface area contributed by atoms with Crippen molar-refractivity contribution in [1.82, 2.24) is 0 Å². The van der Waals surface area contributed by atoms with Gasteiger partial charge in [0.2, 0.25) is 0 Å². The molecule has 2 aromatic carbocycles. The number of anilines is 1. The number of ether oxygens (including phenoxy) is 1. The summed E-state index contributed by atoms with van der Waals surface area (Å²) in [5.74, 6) is -0.496. The number of halogens is 3. The van der Waals surface area contributed by atoms with Crippen LogP contribution >= 0.6 is 56.5 Å². The van der Waals surface area contributed by atoms with E-state index in [9.17, 15) is 19.7 Å². The number of nitrogens with zero attached hydrogens (tertiary/aromatic N) is 2. The van der Waals surface area contributed by atoms with Gasteiger partial charge in [-0.05, 0) is 101 Å². The molecule has 176 valence electrons. The fourth-order valence-corrected chi connectivity index (χ4v) is 7.13. The molecule has 0 fully saturated rings. The van der Waals surface area contributed by atoms with Crippen molar-refractivity contribution in [2.75, 3.05) is 5.32 Å². The van der Waals surface area contributed by atoms with Crippen molar-refractivity contribution in [1.29, 1.82) is 10.5 Å². The minimum Gasteiger partial charge on any atom is -0.487 e. The zero-order valence-corrected chi connectivity index (χ0v) is 23.5. The quantitative estimate of drug-likeness (QED) is 0.170. The summed E-state index contributed by atoms with van der Waals surface area (Å²) in [4.78, 5) is 14.2. The number of carbonyl (C=O) groups excluding carboxylic acids is 1. The standard InChI is InChI=1S/C26H18FI2N3O2S/c27-21-7-3-1-5-15(21)14-34-24-16(10-18(28)11-22(24)29)9-17(12-30)25(33)32-26-20(13-31)19-6-2-4-8-23(19)35-26/h1,3,5,7,9-11H,2,4,6,8,14H2,(H,32,33)/b17-9+. The number of thiophene rings is 1. The highest BCUT2D eigenvalue weighted by Crippen LogP contribution is 2.38. The molecule has 0 saturated heterocycles. The molecule has 4 rings (SSSR count). The summed E-state index contributed by atoms with van der Waals surface area (Å²) in [7, 11) is 0. The van der Waals surface area contributed by atoms with Crippen molar-refractivity contribution < 1.29 is 13.9 Å². The molecule has 0 bridgehead atoms. The fraction of sp³-hybridized carbons (Fsp3) is 0.192. The molecule has 0 atom stereocenters. The molecule has 0 spiro atoms. The van der Waals surface area contributed by atoms with Gasteiger partial charge in [0.1, 0.15) is 40.9 Å². The molecule has 1 N–H and O–H groups in total. The van der Waals surface area contributed by atoms with Crippen LogP contribution in [0.1, 0.15) is 40.0 Å². The normalized spacial score (nSPS) is 12.9. The Hall–Kier alpha value is -2.48. The molecule has 0 radical (unpaired) electrons. The van der Waals surface area contributed by atoms with Gasteiger partial charge in [0.25, 0.3) is 5.91 Å². The molecule has 1 aliphatic rings. The van der Waals surface area contributed by atoms with E-state index in [-0.39, 0.29) is 18.0 Å². The van der Waals surface area contributed by atoms with E-state index in [0.717, 1.165) is 43.3 Å². The van der Waals surface area contributed by atoms with Gasteiger partial charge >= 0.3 is 0 Å². The van der Waals surface area contributed by atoms with E-state index >= 15 is 0 Å². The van der Waals surface area contributed by atoms with Crippen LogP contribution in [-0.2, 0) is 24.2 Å². The predicted octanol–water partition coefficient (Wildman–Crippen LogP) is 6.97. The first-order valence-electron chi connectivity index (χ1n) is 10.7. The van der Waals surface area contributed by atoms with Gasteiger partial charge in [0, 0.05) is 19.6 Å². The van der Waals surface area contributed by atoms with Gasteiger partial charge in [-0.15, -0.1) is 11.3 Å². The molecule has 0 unspecified atom stereocenters. The first-order valence-corrected chi connectivity index (χ1v) is 13.7. The topological polar surface area (TPSA) is 85.9 Å². The number of nitrogens with one attached hydrogen (secondary N) is 1. The smallest absolute Gasteiger partial charge is 0.266 e. The molecule has 35 heavy (non-hydrogen) atoms. The van der Waals surface area contributed by atoms with Crippen LogP contribution in [-0.4, -0.2) is 5.91 Å². The average Bonchev–Trinajstić information content (AvgIpc) is 3.19. The highest BCUT2D eigenvalue weighted by molar-refractivity contribution is 14.1. The van der Waals surface area contributed by atoms with E-state index in [1.807, 2.05) is 12.1 Å². The maximum absolute atomic E-state index is 14.1. The molecule has 1 heterocycles. The van der Waals surface area contributed by atoms with Gasteiger partial charge in [-0.3, -0.25) is 4.79 Å². The highest BCUT2D eigenvalue weighted by Gasteiger charge is 2.23. The number of amides is 1. The van der Waals surface area contributed by atoms with E-state index in [2.05, 4.69) is 56.6 Å². The molecule has 1 amide bonds. The minimum absolute atomic E-state index is 0.00443. The van der Waals surface area contributed by atoms with E-state index < -0.39 is 5.91 Å². The van der Waals surface area contributed by atoms with Gasteiger partial charge in [-0.1, -0.05) is 18.2 Å². The van der Waals surface area contributed by atoms with Gasteiger partial charge in [0.05, 0.1) is 9.13 Å². The Morgan fingerprint density at radius 1 is 1.20 bits per heavy atom. The Labute approximate surface area is 233 Å². The lowest BCUT2D eigenvalue weighted by Gasteiger charge is -2.13. The van der Waals surface area contributed by atoms with Crippen LogP contribution in [0.25, 0.3) is 6.08 Å². The van der Waals surface area contributed by atoms with Crippen LogP contribution in [0.3, 0.4) is 0 Å². The van der Waals surface area contributed by atoms with Crippen molar-refractivity contribution in [2.45, 2.75) is 32.3 Å². The summed E-state index contributed by atoms with van der Waals surface area (Å²) in [6.45, 7) is 0.00443. The number of rotatable bonds is 6. The Morgan fingerprint density at radius 3 is 2.71 bits per heavy atom. The van der Waals surface area contributed by atoms with Crippen molar-refractivity contribution >= 4 is 73.5 Å². The lowest BCUT2D eigenvalue weighted by atomic mass is 9.96. The van der Waals surface area contributed by atoms with Crippen LogP contribution in [0.15, 0.2) is 42.0 Å². The van der Waals surface area contributed by atoms with Crippen LogP contribution < -0.4 is 10.1 Å². The van der Waals surface area contributed by atoms with Crippen LogP contribution in [0.4, 0.5) is 9.39 Å². The van der Waals surface area contributed by atoms with Crippen molar-refractivity contribution in [3.05, 3.63) is 82.1 Å². The number of aryl methyl sites for hydroxylation is 1. The number of benzene rings is 2. The second-order valence-electron chi connectivity index (χ2n) is 7.84. The van der Waals surface area contributed by atoms with Crippen LogP contribution in [0, 0.1) is 35.6 Å². The molecular weight excluding hydrogens is 691 g/mol. The first kappa shape index (κ1) is 25.6. The van der Waals surface area contributed by atoms with Gasteiger partial charge in [-0.2, -0.15) is 10.5 Å². The molecule has 5 nitrogen and oxygen atoms in total. The third-order valence-corrected chi connectivity index (χ3v) is 8.17. The Balaban J connectivity index is 1.63. The van der Waals surface area contributed by atoms with E-state index in [1.165, 1.54) is 23.5 Å². The van der Waals surface area contributed by atoms with Crippen molar-refractivity contribution in [3.63, 3.8) is 0 Å². The predicted molar refractivity (Wildman–Crippen MR) is 151 cm³/mol. The van der Waals surface area contributed by atoms with Crippen LogP contribution in [0.2, 0.25) is 0 Å². The Bertz CT molecular complexity index is 1420. The van der Waals surface area contributed by atoms with Crippen LogP contribution in [0.5, 0.6) is 5.75 Å². The second-order valence-corrected chi connectivity index (χ2v) is 11.3. The van der Waals surface area contributed by atoms with Gasteiger partial charge in [-0.25, -0.2) is 4.39 Å². The average molecular weight is 709 g/mol. The molecule has 3 aromatic rings. The van der Waals surface area contributed by atoms with E-state index in [0.29, 0.717) is 27.4 Å². The summed E-state index contributed by atoms with van der Waals surface area (Å²) in [5, 5.41) is 22.7. The summed E-state index contributed by atoms with van der Waals surface area (Å²) in [6.07, 6.45) is 5.28. The van der Waals surface area contributed by atoms with E-state index in [1.54, 1.807) is 24.3 Å². The summed E-state index contributed by atoms with van der Waals surface area (Å²) >= 11 is 5.68. The summed E-state index contributed by atoms with van der Waals surface area (Å²) in [5.41, 5.74) is 2.33. The third kappa shape index (κ3) is 5.85. The molecule has 0 saturated carbocycles. The molecule has 1 aromatic heterocycles. The number of nitriles is 2. The monoisotopic (exact) mass is 709 g/mol. The lowest BCUT2D eigenvalue weighted by Crippen LogP contribution is -2.13. The van der Waals surface area contributed by atoms with Gasteiger partial charge < -0.3 is 10.1 Å². The minimum atomic E-state index is -0.587. The maximum atomic E-state index is 14.1. The molecular formula is C26H18FI2N3O2S. The number of carbonyl (C=O) groups is 1. The molecule has 0 aliphatic heterocycles. The SMILES string of the molecule is N#C/C(=C\c1cc(I)cc(I)c1OCc1ccccc1F)C(=O)Nc1sc2c(c1C#N)CCCC2. The van der Waals surface area contributed by atoms with Crippen molar-refractivity contribution in [3.8, 4) is 17.9 Å². The number of hydrogen-bond acceptors (Lipinski definition) is 5. The van der Waals surface area contributed by atoms with E-state index in [4.69, 9.17) is 4.74 Å². The zero-order valence-electron chi connectivity index (χ0n) is 18.3. The number of fused-ring (bicyclic) bond motifs is 1. The zero-order chi connectivity index (χ0) is 24.9. The Kier molecular flexibility index (Phi) is 8.42. The highest BCUT2D eigenvalue weighted by atomic mass is 127. The molecule has 9 heteroatoms. The Morgan fingerprint density at radius 2 is 1.97 bits per heavy atom. The third-order valence-electron chi connectivity index (χ3n) is 5.54. The van der Waals surface area contributed by atoms with Crippen molar-refractivity contribution in [2.24, 2.45) is 0 Å². The molecule has 1 aliphatic carbocycles. The largest absolute Gasteiger partial charge is 0.487 e. The summed E-state index contributed by atoms with van der Waals surface area (Å²) < 4.78 is 21.7. The lowest BCUT2D eigenvalue weighted by molar-refractivity contribution is -0.112. The second kappa shape index (κ2) is 11.5. The fourth-order valence-electron chi connectivity index (χ4n) is 3.85.